The van der Waals surface area contributed by atoms with Crippen molar-refractivity contribution in [1.82, 2.24) is 15.3 Å². The number of amides is 2. The monoisotopic (exact) mass is 425 g/mol. The smallest absolute Gasteiger partial charge is 0.262 e. The molecule has 0 unspecified atom stereocenters. The minimum Gasteiger partial charge on any atom is -0.394 e. The summed E-state index contributed by atoms with van der Waals surface area (Å²) in [6, 6.07) is 5.29. The van der Waals surface area contributed by atoms with Gasteiger partial charge in [0.25, 0.3) is 5.91 Å². The molecule has 1 aromatic carbocycles. The number of fused-ring (bicyclic) bond motifs is 1. The van der Waals surface area contributed by atoms with Crippen LogP contribution in [-0.2, 0) is 4.79 Å². The van der Waals surface area contributed by atoms with Crippen LogP contribution in [0.4, 0.5) is 5.95 Å². The minimum atomic E-state index is -1.19. The van der Waals surface area contributed by atoms with Crippen LogP contribution >= 0.6 is 34.5 Å². The van der Waals surface area contributed by atoms with Crippen LogP contribution in [0.2, 0.25) is 10.0 Å². The van der Waals surface area contributed by atoms with E-state index >= 15 is 0 Å². The van der Waals surface area contributed by atoms with E-state index in [4.69, 9.17) is 39.8 Å². The number of hydrogen-bond donors (Lipinski definition) is 4. The molecule has 0 aliphatic heterocycles. The average Bonchev–Trinajstić information content (AvgIpc) is 3.02. The topological polar surface area (TPSA) is 144 Å². The van der Waals surface area contributed by atoms with Gasteiger partial charge in [0, 0.05) is 16.0 Å². The first-order valence-electron chi connectivity index (χ1n) is 7.53. The summed E-state index contributed by atoms with van der Waals surface area (Å²) < 4.78 is 0. The van der Waals surface area contributed by atoms with E-state index in [1.54, 1.807) is 24.3 Å². The average molecular weight is 426 g/mol. The Kier molecular flexibility index (Phi) is 5.47. The summed E-state index contributed by atoms with van der Waals surface area (Å²) >= 11 is 13.3. The maximum Gasteiger partial charge on any atom is 0.262 e. The molecule has 8 nitrogen and oxygen atoms in total. The molecule has 27 heavy (non-hydrogen) atoms. The number of nitrogen functional groups attached to an aromatic ring is 1. The Morgan fingerprint density at radius 2 is 2.00 bits per heavy atom. The van der Waals surface area contributed by atoms with Crippen molar-refractivity contribution in [1.29, 1.82) is 0 Å². The number of aromatic nitrogens is 2. The molecule has 0 saturated carbocycles. The number of carbonyl (C=O) groups is 2. The van der Waals surface area contributed by atoms with Gasteiger partial charge < -0.3 is 21.9 Å². The SMILES string of the molecule is NC(=O)[C@H](CO)NC(=O)c1cc2c(-c3ccc(Cl)cc3Cl)nc(N)nc2s1. The van der Waals surface area contributed by atoms with Gasteiger partial charge in [-0.3, -0.25) is 9.59 Å². The molecular formula is C16H13Cl2N5O3S. The van der Waals surface area contributed by atoms with Gasteiger partial charge in [0.1, 0.15) is 10.9 Å². The normalized spacial score (nSPS) is 12.1. The number of benzene rings is 1. The molecule has 0 spiro atoms. The molecular weight excluding hydrogens is 413 g/mol. The van der Waals surface area contributed by atoms with Crippen LogP contribution in [0, 0.1) is 0 Å². The molecule has 2 amide bonds. The lowest BCUT2D eigenvalue weighted by Crippen LogP contribution is -2.46. The number of nitrogens with zero attached hydrogens (tertiary/aromatic N) is 2. The number of thiophene rings is 1. The van der Waals surface area contributed by atoms with E-state index in [0.717, 1.165) is 11.3 Å². The van der Waals surface area contributed by atoms with E-state index in [-0.39, 0.29) is 10.8 Å². The fourth-order valence-corrected chi connectivity index (χ4v) is 3.81. The third-order valence-corrected chi connectivity index (χ3v) is 5.23. The van der Waals surface area contributed by atoms with Crippen LogP contribution in [0.25, 0.3) is 21.5 Å². The Balaban J connectivity index is 2.07. The largest absolute Gasteiger partial charge is 0.394 e. The van der Waals surface area contributed by atoms with E-state index in [2.05, 4.69) is 15.3 Å². The summed E-state index contributed by atoms with van der Waals surface area (Å²) in [6.45, 7) is -0.607. The third kappa shape index (κ3) is 3.96. The van der Waals surface area contributed by atoms with Crippen LogP contribution in [0.5, 0.6) is 0 Å². The van der Waals surface area contributed by atoms with E-state index in [0.29, 0.717) is 31.5 Å². The molecule has 0 aliphatic rings. The van der Waals surface area contributed by atoms with Crippen molar-refractivity contribution in [2.75, 3.05) is 12.3 Å². The lowest BCUT2D eigenvalue weighted by Gasteiger charge is -2.11. The summed E-state index contributed by atoms with van der Waals surface area (Å²) in [4.78, 5) is 32.7. The Hall–Kier alpha value is -2.46. The van der Waals surface area contributed by atoms with Gasteiger partial charge in [0.15, 0.2) is 0 Å². The molecule has 2 aromatic heterocycles. The van der Waals surface area contributed by atoms with Crippen molar-refractivity contribution in [3.63, 3.8) is 0 Å². The number of rotatable bonds is 5. The number of aliphatic hydroxyl groups excluding tert-OH is 1. The summed E-state index contributed by atoms with van der Waals surface area (Å²) in [5.41, 5.74) is 11.9. The summed E-state index contributed by atoms with van der Waals surface area (Å²) in [5.74, 6) is -1.41. The highest BCUT2D eigenvalue weighted by Gasteiger charge is 2.21. The minimum absolute atomic E-state index is 0.0164. The quantitative estimate of drug-likeness (QED) is 0.490. The van der Waals surface area contributed by atoms with Gasteiger partial charge in [0.2, 0.25) is 11.9 Å². The van der Waals surface area contributed by atoms with E-state index < -0.39 is 24.5 Å². The molecule has 0 saturated heterocycles. The predicted octanol–water partition coefficient (Wildman–Crippen LogP) is 1.82. The second-order valence-corrected chi connectivity index (χ2v) is 7.37. The number of anilines is 1. The molecule has 0 bridgehead atoms. The molecule has 3 aromatic rings. The number of nitrogens with one attached hydrogen (secondary N) is 1. The summed E-state index contributed by atoms with van der Waals surface area (Å²) in [7, 11) is 0. The number of nitrogens with two attached hydrogens (primary N) is 2. The number of primary amides is 1. The molecule has 140 valence electrons. The Labute approximate surface area is 167 Å². The van der Waals surface area contributed by atoms with Crippen molar-refractivity contribution in [2.24, 2.45) is 5.73 Å². The van der Waals surface area contributed by atoms with E-state index in [1.807, 2.05) is 0 Å². The molecule has 6 N–H and O–H groups in total. The van der Waals surface area contributed by atoms with Crippen molar-refractivity contribution in [3.8, 4) is 11.3 Å². The molecule has 0 aliphatic carbocycles. The zero-order chi connectivity index (χ0) is 19.7. The van der Waals surface area contributed by atoms with E-state index in [1.165, 1.54) is 0 Å². The zero-order valence-corrected chi connectivity index (χ0v) is 15.9. The fourth-order valence-electron chi connectivity index (χ4n) is 2.37. The van der Waals surface area contributed by atoms with Gasteiger partial charge >= 0.3 is 0 Å². The second-order valence-electron chi connectivity index (χ2n) is 5.50. The van der Waals surface area contributed by atoms with E-state index in [9.17, 15) is 9.59 Å². The van der Waals surface area contributed by atoms with Gasteiger partial charge in [0.05, 0.1) is 22.2 Å². The molecule has 3 rings (SSSR count). The first kappa shape index (κ1) is 19.3. The Bertz CT molecular complexity index is 1060. The maximum absolute atomic E-state index is 12.4. The maximum atomic E-state index is 12.4. The number of hydrogen-bond acceptors (Lipinski definition) is 7. The first-order chi connectivity index (χ1) is 12.8. The van der Waals surface area contributed by atoms with Crippen molar-refractivity contribution < 1.29 is 14.7 Å². The fraction of sp³-hybridized carbons (Fsp3) is 0.125. The second kappa shape index (κ2) is 7.65. The molecule has 11 heteroatoms. The molecule has 2 heterocycles. The number of aliphatic hydroxyl groups is 1. The molecule has 1 atom stereocenters. The van der Waals surface area contributed by atoms with Crippen LogP contribution in [0.3, 0.4) is 0 Å². The highest BCUT2D eigenvalue weighted by Crippen LogP contribution is 2.36. The number of carbonyl (C=O) groups excluding carboxylic acids is 2. The Morgan fingerprint density at radius 3 is 2.63 bits per heavy atom. The van der Waals surface area contributed by atoms with Gasteiger partial charge in [-0.1, -0.05) is 23.2 Å². The van der Waals surface area contributed by atoms with Crippen molar-refractivity contribution in [2.45, 2.75) is 6.04 Å². The number of halogens is 2. The van der Waals surface area contributed by atoms with Gasteiger partial charge in [-0.05, 0) is 24.3 Å². The summed E-state index contributed by atoms with van der Waals surface area (Å²) in [6.07, 6.45) is 0. The molecule has 0 fully saturated rings. The first-order valence-corrected chi connectivity index (χ1v) is 9.11. The van der Waals surface area contributed by atoms with Crippen molar-refractivity contribution >= 4 is 62.5 Å². The third-order valence-electron chi connectivity index (χ3n) is 3.65. The highest BCUT2D eigenvalue weighted by molar-refractivity contribution is 7.20. The van der Waals surface area contributed by atoms with Gasteiger partial charge in [-0.15, -0.1) is 11.3 Å². The van der Waals surface area contributed by atoms with Crippen LogP contribution in [0.1, 0.15) is 9.67 Å². The lowest BCUT2D eigenvalue weighted by atomic mass is 10.1. The van der Waals surface area contributed by atoms with Crippen LogP contribution < -0.4 is 16.8 Å². The molecule has 0 radical (unpaired) electrons. The zero-order valence-electron chi connectivity index (χ0n) is 13.6. The van der Waals surface area contributed by atoms with Crippen LogP contribution in [-0.4, -0.2) is 39.5 Å². The van der Waals surface area contributed by atoms with Crippen molar-refractivity contribution in [3.05, 3.63) is 39.2 Å². The summed E-state index contributed by atoms with van der Waals surface area (Å²) in [5, 5.41) is 12.9. The Morgan fingerprint density at radius 1 is 1.26 bits per heavy atom. The van der Waals surface area contributed by atoms with Gasteiger partial charge in [-0.25, -0.2) is 9.97 Å². The lowest BCUT2D eigenvalue weighted by molar-refractivity contribution is -0.120. The standard InChI is InChI=1S/C16H13Cl2N5O3S/c17-6-1-2-7(9(18)3-6)12-8-4-11(27-15(8)23-16(20)22-12)14(26)21-10(5-24)13(19)25/h1-4,10,24H,5H2,(H2,19,25)(H,21,26)(H2,20,22,23)/t10-/m0/s1. The van der Waals surface area contributed by atoms with Crippen LogP contribution in [0.15, 0.2) is 24.3 Å². The highest BCUT2D eigenvalue weighted by atomic mass is 35.5. The predicted molar refractivity (Wildman–Crippen MR) is 105 cm³/mol. The van der Waals surface area contributed by atoms with Gasteiger partial charge in [-0.2, -0.15) is 0 Å².